The Morgan fingerprint density at radius 2 is 1.85 bits per heavy atom. The number of benzene rings is 3. The predicted octanol–water partition coefficient (Wildman–Crippen LogP) is 5.74. The summed E-state index contributed by atoms with van der Waals surface area (Å²) in [6.07, 6.45) is 5.53. The van der Waals surface area contributed by atoms with Gasteiger partial charge in [-0.15, -0.1) is 0 Å². The third-order valence-corrected chi connectivity index (χ3v) is 9.17. The molecule has 0 radical (unpaired) electrons. The van der Waals surface area contributed by atoms with Gasteiger partial charge in [0.25, 0.3) is 5.91 Å². The molecule has 0 N–H and O–H groups in total. The lowest BCUT2D eigenvalue weighted by Gasteiger charge is -2.37. The van der Waals surface area contributed by atoms with E-state index in [1.807, 2.05) is 23.1 Å². The van der Waals surface area contributed by atoms with Crippen molar-refractivity contribution in [2.75, 3.05) is 43.3 Å². The van der Waals surface area contributed by atoms with Crippen LogP contribution in [0.15, 0.2) is 59.6 Å². The molecule has 40 heavy (non-hydrogen) atoms. The van der Waals surface area contributed by atoms with Gasteiger partial charge in [0.05, 0.1) is 12.3 Å². The molecule has 0 aliphatic carbocycles. The number of amides is 1. The van der Waals surface area contributed by atoms with Crippen LogP contribution < -0.4 is 14.7 Å². The summed E-state index contributed by atoms with van der Waals surface area (Å²) in [4.78, 5) is 28.3. The van der Waals surface area contributed by atoms with Gasteiger partial charge in [0.2, 0.25) is 0 Å². The number of carbonyl (C=O) groups excluding carboxylic acids is 1. The zero-order valence-corrected chi connectivity index (χ0v) is 23.5. The predicted molar refractivity (Wildman–Crippen MR) is 158 cm³/mol. The highest BCUT2D eigenvalue weighted by Gasteiger charge is 2.44. The van der Waals surface area contributed by atoms with Gasteiger partial charge in [-0.3, -0.25) is 4.79 Å². The lowest BCUT2D eigenvalue weighted by Crippen LogP contribution is -2.42. The van der Waals surface area contributed by atoms with Crippen molar-refractivity contribution in [3.63, 3.8) is 0 Å². The molecule has 0 aromatic heterocycles. The molecular formula is C33H36N4O3. The fraction of sp³-hybridized carbons (Fsp3) is 0.394. The van der Waals surface area contributed by atoms with Gasteiger partial charge in [-0.25, -0.2) is 14.9 Å². The van der Waals surface area contributed by atoms with E-state index in [2.05, 4.69) is 67.2 Å². The number of fused-ring (bicyclic) bond motifs is 3. The Labute approximate surface area is 236 Å². The van der Waals surface area contributed by atoms with Crippen molar-refractivity contribution in [2.24, 2.45) is 4.99 Å². The summed E-state index contributed by atoms with van der Waals surface area (Å²) in [5.74, 6) is 1.08. The minimum Gasteiger partial charge on any atom is -0.492 e. The molecule has 3 aromatic carbocycles. The number of piperidine rings is 1. The number of hydroxylamine groups is 1. The Kier molecular flexibility index (Phi) is 6.17. The topological polar surface area (TPSA) is 57.6 Å². The minimum absolute atomic E-state index is 0.0598. The second-order valence-corrected chi connectivity index (χ2v) is 11.7. The Balaban J connectivity index is 1.11. The van der Waals surface area contributed by atoms with Gasteiger partial charge in [0.15, 0.2) is 6.23 Å². The van der Waals surface area contributed by atoms with E-state index in [4.69, 9.17) is 9.57 Å². The first-order valence-electron chi connectivity index (χ1n) is 14.5. The summed E-state index contributed by atoms with van der Waals surface area (Å²) in [5, 5.41) is 1.73. The van der Waals surface area contributed by atoms with Gasteiger partial charge in [-0.1, -0.05) is 25.1 Å². The van der Waals surface area contributed by atoms with Gasteiger partial charge >= 0.3 is 0 Å². The number of aliphatic imine (C=N–C) groups is 1. The number of hydrogen-bond acceptors (Lipinski definition) is 6. The van der Waals surface area contributed by atoms with Crippen molar-refractivity contribution >= 4 is 23.6 Å². The van der Waals surface area contributed by atoms with Gasteiger partial charge in [-0.05, 0) is 111 Å². The van der Waals surface area contributed by atoms with Crippen molar-refractivity contribution in [3.05, 3.63) is 76.9 Å². The molecule has 4 aliphatic heterocycles. The van der Waals surface area contributed by atoms with Crippen LogP contribution in [0.3, 0.4) is 0 Å². The number of likely N-dealkylation sites (tertiary alicyclic amines) is 1. The molecule has 1 spiro atoms. The van der Waals surface area contributed by atoms with Crippen molar-refractivity contribution in [3.8, 4) is 16.9 Å². The fourth-order valence-corrected chi connectivity index (χ4v) is 6.60. The normalized spacial score (nSPS) is 21.1. The maximum atomic E-state index is 13.7. The summed E-state index contributed by atoms with van der Waals surface area (Å²) in [5.41, 5.74) is 8.67. The molecule has 1 saturated heterocycles. The molecule has 3 aromatic rings. The Morgan fingerprint density at radius 1 is 1.05 bits per heavy atom. The number of ether oxygens (including phenoxy) is 1. The number of carbonyl (C=O) groups is 1. The van der Waals surface area contributed by atoms with Crippen LogP contribution in [0, 0.1) is 6.92 Å². The highest BCUT2D eigenvalue weighted by atomic mass is 16.7. The maximum absolute atomic E-state index is 13.7. The van der Waals surface area contributed by atoms with Crippen LogP contribution in [0.25, 0.3) is 11.1 Å². The van der Waals surface area contributed by atoms with Gasteiger partial charge in [0, 0.05) is 28.8 Å². The van der Waals surface area contributed by atoms with E-state index in [-0.39, 0.29) is 17.6 Å². The number of nitrogens with zero attached hydrogens (tertiary/aromatic N) is 4. The van der Waals surface area contributed by atoms with Crippen molar-refractivity contribution in [1.29, 1.82) is 0 Å². The Bertz CT molecular complexity index is 1490. The fourth-order valence-electron chi connectivity index (χ4n) is 6.60. The first kappa shape index (κ1) is 25.3. The second kappa shape index (κ2) is 9.75. The van der Waals surface area contributed by atoms with Gasteiger partial charge in [-0.2, -0.15) is 0 Å². The van der Waals surface area contributed by atoms with Crippen molar-refractivity contribution in [2.45, 2.75) is 51.2 Å². The summed E-state index contributed by atoms with van der Waals surface area (Å²) in [7, 11) is 2.19. The first-order valence-corrected chi connectivity index (χ1v) is 14.5. The number of anilines is 2. The lowest BCUT2D eigenvalue weighted by molar-refractivity contribution is 0.0847. The molecule has 0 saturated carbocycles. The van der Waals surface area contributed by atoms with E-state index in [9.17, 15) is 4.79 Å². The number of aryl methyl sites for hydroxylation is 1. The van der Waals surface area contributed by atoms with Crippen LogP contribution in [0.4, 0.5) is 11.4 Å². The van der Waals surface area contributed by atoms with Gasteiger partial charge in [0.1, 0.15) is 12.1 Å². The summed E-state index contributed by atoms with van der Waals surface area (Å²) in [6.45, 7) is 7.78. The third-order valence-electron chi connectivity index (χ3n) is 9.17. The van der Waals surface area contributed by atoms with Crippen LogP contribution in [-0.2, 0) is 16.7 Å². The SMILES string of the molecule is CCC1N=CN(c2ccc(-c3ccc(C(=O)N4CCc5cc6c(cc54)C4(CCN(C)CC4)CO6)cc3)c(C)c2)O1. The highest BCUT2D eigenvalue weighted by Crippen LogP contribution is 2.49. The van der Waals surface area contributed by atoms with Gasteiger partial charge < -0.3 is 14.5 Å². The smallest absolute Gasteiger partial charge is 0.258 e. The van der Waals surface area contributed by atoms with Crippen LogP contribution in [0.5, 0.6) is 5.75 Å². The average molecular weight is 537 g/mol. The number of hydrogen-bond donors (Lipinski definition) is 0. The van der Waals surface area contributed by atoms with E-state index >= 15 is 0 Å². The molecule has 4 aliphatic rings. The van der Waals surface area contributed by atoms with Crippen molar-refractivity contribution in [1.82, 2.24) is 4.90 Å². The summed E-state index contributed by atoms with van der Waals surface area (Å²) < 4.78 is 6.21. The molecule has 1 fully saturated rings. The standard InChI is InChI=1S/C33H36N4O3/c1-4-31-34-21-37(40-31)26-9-10-27(22(2)17-26)23-5-7-24(8-6-23)32(38)36-14-11-25-18-30-28(19-29(25)36)33(20-39-30)12-15-35(3)16-13-33/h5-10,17-19,21,31H,4,11-16,20H2,1-3H3. The Hall–Kier alpha value is -3.68. The average Bonchev–Trinajstić information content (AvgIpc) is 3.71. The molecule has 7 heteroatoms. The Morgan fingerprint density at radius 3 is 2.58 bits per heavy atom. The van der Waals surface area contributed by atoms with E-state index in [0.717, 1.165) is 79.2 Å². The zero-order chi connectivity index (χ0) is 27.4. The molecule has 4 heterocycles. The minimum atomic E-state index is -0.114. The molecule has 206 valence electrons. The molecule has 1 amide bonds. The largest absolute Gasteiger partial charge is 0.492 e. The molecule has 1 atom stereocenters. The monoisotopic (exact) mass is 536 g/mol. The molecule has 0 bridgehead atoms. The maximum Gasteiger partial charge on any atom is 0.258 e. The molecule has 1 unspecified atom stereocenters. The van der Waals surface area contributed by atoms with Crippen LogP contribution in [0.2, 0.25) is 0 Å². The van der Waals surface area contributed by atoms with E-state index in [0.29, 0.717) is 12.1 Å². The van der Waals surface area contributed by atoms with E-state index in [1.54, 1.807) is 11.4 Å². The summed E-state index contributed by atoms with van der Waals surface area (Å²) >= 11 is 0. The lowest BCUT2D eigenvalue weighted by atomic mass is 9.74. The van der Waals surface area contributed by atoms with E-state index in [1.165, 1.54) is 11.1 Å². The second-order valence-electron chi connectivity index (χ2n) is 11.7. The van der Waals surface area contributed by atoms with Crippen LogP contribution in [-0.4, -0.2) is 56.7 Å². The first-order chi connectivity index (χ1) is 19.4. The molecule has 7 nitrogen and oxygen atoms in total. The van der Waals surface area contributed by atoms with E-state index < -0.39 is 0 Å². The van der Waals surface area contributed by atoms with Crippen molar-refractivity contribution < 1.29 is 14.4 Å². The molecular weight excluding hydrogens is 500 g/mol. The quantitative estimate of drug-likeness (QED) is 0.426. The highest BCUT2D eigenvalue weighted by molar-refractivity contribution is 6.07. The van der Waals surface area contributed by atoms with Crippen LogP contribution >= 0.6 is 0 Å². The van der Waals surface area contributed by atoms with Crippen LogP contribution in [0.1, 0.15) is 53.2 Å². The zero-order valence-electron chi connectivity index (χ0n) is 23.5. The third kappa shape index (κ3) is 4.19. The number of rotatable bonds is 4. The molecule has 7 rings (SSSR count). The summed E-state index contributed by atoms with van der Waals surface area (Å²) in [6, 6.07) is 18.8.